The molecule has 1 N–H and O–H groups in total. The fraction of sp³-hybridized carbons (Fsp3) is 0.294. The summed E-state index contributed by atoms with van der Waals surface area (Å²) in [5, 5.41) is 0. The molecule has 0 heterocycles. The lowest BCUT2D eigenvalue weighted by Gasteiger charge is -2.19. The minimum atomic E-state index is -3.49. The highest BCUT2D eigenvalue weighted by molar-refractivity contribution is 14.1. The van der Waals surface area contributed by atoms with Gasteiger partial charge in [0.05, 0.1) is 4.90 Å². The number of halogens is 1. The van der Waals surface area contributed by atoms with Crippen LogP contribution in [0.4, 0.5) is 0 Å². The van der Waals surface area contributed by atoms with Crippen molar-refractivity contribution in [2.45, 2.75) is 37.6 Å². The van der Waals surface area contributed by atoms with E-state index >= 15 is 0 Å². The molecule has 2 aromatic rings. The fourth-order valence-electron chi connectivity index (χ4n) is 2.04. The van der Waals surface area contributed by atoms with Gasteiger partial charge in [0, 0.05) is 10.1 Å². The molecule has 0 bridgehead atoms. The Bertz CT molecular complexity index is 747. The van der Waals surface area contributed by atoms with Crippen molar-refractivity contribution in [2.75, 3.05) is 0 Å². The van der Waals surface area contributed by atoms with Crippen molar-refractivity contribution in [1.82, 2.24) is 4.72 Å². The molecule has 0 saturated carbocycles. The first kappa shape index (κ1) is 17.4. The quantitative estimate of drug-likeness (QED) is 0.745. The maximum absolute atomic E-state index is 12.3. The van der Waals surface area contributed by atoms with Crippen molar-refractivity contribution in [3.8, 4) is 0 Å². The number of nitrogens with one attached hydrogen (secondary N) is 1. The molecule has 0 radical (unpaired) electrons. The van der Waals surface area contributed by atoms with Crippen LogP contribution in [0.3, 0.4) is 0 Å². The van der Waals surface area contributed by atoms with Crippen LogP contribution in [0.25, 0.3) is 0 Å². The standard InChI is InChI=1S/C17H20INO2S/c1-17(2,3)14-7-9-16(10-8-14)22(20,21)19-12-13-5-4-6-15(18)11-13/h4-11,19H,12H2,1-3H3. The van der Waals surface area contributed by atoms with E-state index in [9.17, 15) is 8.42 Å². The summed E-state index contributed by atoms with van der Waals surface area (Å²) >= 11 is 2.21. The zero-order valence-electron chi connectivity index (χ0n) is 12.9. The maximum atomic E-state index is 12.3. The predicted molar refractivity (Wildman–Crippen MR) is 98.3 cm³/mol. The molecule has 0 aliphatic heterocycles. The van der Waals surface area contributed by atoms with Crippen LogP contribution in [-0.4, -0.2) is 8.42 Å². The van der Waals surface area contributed by atoms with Gasteiger partial charge in [-0.05, 0) is 63.4 Å². The average molecular weight is 429 g/mol. The third kappa shape index (κ3) is 4.54. The van der Waals surface area contributed by atoms with Crippen molar-refractivity contribution < 1.29 is 8.42 Å². The second-order valence-electron chi connectivity index (χ2n) is 6.23. The first-order chi connectivity index (χ1) is 10.2. The second-order valence-corrected chi connectivity index (χ2v) is 9.24. The molecule has 3 nitrogen and oxygen atoms in total. The Morgan fingerprint density at radius 3 is 2.23 bits per heavy atom. The average Bonchev–Trinajstić information content (AvgIpc) is 2.45. The summed E-state index contributed by atoms with van der Waals surface area (Å²) < 4.78 is 28.4. The lowest BCUT2D eigenvalue weighted by Crippen LogP contribution is -2.23. The van der Waals surface area contributed by atoms with E-state index in [2.05, 4.69) is 48.1 Å². The van der Waals surface area contributed by atoms with E-state index in [4.69, 9.17) is 0 Å². The highest BCUT2D eigenvalue weighted by Gasteiger charge is 2.17. The monoisotopic (exact) mass is 429 g/mol. The minimum Gasteiger partial charge on any atom is -0.207 e. The van der Waals surface area contributed by atoms with Crippen molar-refractivity contribution in [3.63, 3.8) is 0 Å². The number of sulfonamides is 1. The summed E-state index contributed by atoms with van der Waals surface area (Å²) in [6, 6.07) is 14.8. The van der Waals surface area contributed by atoms with Crippen LogP contribution < -0.4 is 4.72 Å². The Balaban J connectivity index is 2.13. The second kappa shape index (κ2) is 6.68. The molecule has 0 aromatic heterocycles. The molecule has 0 aliphatic carbocycles. The van der Waals surface area contributed by atoms with Crippen LogP contribution in [0.15, 0.2) is 53.4 Å². The van der Waals surface area contributed by atoms with Gasteiger partial charge in [0.1, 0.15) is 0 Å². The zero-order valence-corrected chi connectivity index (χ0v) is 15.9. The summed E-state index contributed by atoms with van der Waals surface area (Å²) in [6.07, 6.45) is 0. The fourth-order valence-corrected chi connectivity index (χ4v) is 3.67. The van der Waals surface area contributed by atoms with E-state index < -0.39 is 10.0 Å². The lowest BCUT2D eigenvalue weighted by molar-refractivity contribution is 0.578. The molecule has 22 heavy (non-hydrogen) atoms. The third-order valence-electron chi connectivity index (χ3n) is 3.39. The lowest BCUT2D eigenvalue weighted by atomic mass is 9.87. The number of benzene rings is 2. The highest BCUT2D eigenvalue weighted by atomic mass is 127. The third-order valence-corrected chi connectivity index (χ3v) is 5.47. The molecule has 0 unspecified atom stereocenters. The van der Waals surface area contributed by atoms with Crippen LogP contribution in [0.2, 0.25) is 0 Å². The van der Waals surface area contributed by atoms with Crippen LogP contribution in [-0.2, 0) is 22.0 Å². The number of rotatable bonds is 4. The first-order valence-corrected chi connectivity index (χ1v) is 9.59. The molecule has 0 saturated heterocycles. The Labute approximate surface area is 146 Å². The van der Waals surface area contributed by atoms with Gasteiger partial charge in [0.15, 0.2) is 0 Å². The molecular formula is C17H20INO2S. The van der Waals surface area contributed by atoms with Crippen molar-refractivity contribution in [2.24, 2.45) is 0 Å². The molecule has 2 rings (SSSR count). The van der Waals surface area contributed by atoms with E-state index in [1.54, 1.807) is 12.1 Å². The normalized spacial score (nSPS) is 12.4. The Morgan fingerprint density at radius 2 is 1.68 bits per heavy atom. The van der Waals surface area contributed by atoms with Gasteiger partial charge in [0.25, 0.3) is 0 Å². The van der Waals surface area contributed by atoms with Crippen molar-refractivity contribution in [1.29, 1.82) is 0 Å². The molecule has 5 heteroatoms. The van der Waals surface area contributed by atoms with Crippen LogP contribution in [0.5, 0.6) is 0 Å². The number of hydrogen-bond acceptors (Lipinski definition) is 2. The van der Waals surface area contributed by atoms with Gasteiger partial charge in [-0.15, -0.1) is 0 Å². The zero-order chi connectivity index (χ0) is 16.4. The van der Waals surface area contributed by atoms with Crippen molar-refractivity contribution in [3.05, 3.63) is 63.2 Å². The largest absolute Gasteiger partial charge is 0.240 e. The van der Waals surface area contributed by atoms with Crippen LogP contribution in [0, 0.1) is 3.57 Å². The Kier molecular flexibility index (Phi) is 5.29. The van der Waals surface area contributed by atoms with Gasteiger partial charge >= 0.3 is 0 Å². The minimum absolute atomic E-state index is 0.0104. The molecule has 0 atom stereocenters. The molecule has 2 aromatic carbocycles. The summed E-state index contributed by atoms with van der Waals surface area (Å²) in [4.78, 5) is 0.297. The van der Waals surface area contributed by atoms with E-state index in [0.717, 1.165) is 14.7 Å². The molecule has 0 amide bonds. The summed E-state index contributed by atoms with van der Waals surface area (Å²) in [5.74, 6) is 0. The summed E-state index contributed by atoms with van der Waals surface area (Å²) in [5.41, 5.74) is 2.07. The topological polar surface area (TPSA) is 46.2 Å². The van der Waals surface area contributed by atoms with Crippen LogP contribution >= 0.6 is 22.6 Å². The van der Waals surface area contributed by atoms with Gasteiger partial charge in [-0.3, -0.25) is 0 Å². The molecule has 0 aliphatic rings. The molecule has 0 spiro atoms. The van der Waals surface area contributed by atoms with E-state index in [0.29, 0.717) is 11.4 Å². The van der Waals surface area contributed by atoms with E-state index in [1.807, 2.05) is 36.4 Å². The summed E-state index contributed by atoms with van der Waals surface area (Å²) in [7, 11) is -3.49. The van der Waals surface area contributed by atoms with Gasteiger partial charge in [-0.1, -0.05) is 45.0 Å². The summed E-state index contributed by atoms with van der Waals surface area (Å²) in [6.45, 7) is 6.60. The van der Waals surface area contributed by atoms with Gasteiger partial charge in [-0.2, -0.15) is 0 Å². The predicted octanol–water partition coefficient (Wildman–Crippen LogP) is 4.07. The van der Waals surface area contributed by atoms with Gasteiger partial charge < -0.3 is 0 Å². The number of hydrogen-bond donors (Lipinski definition) is 1. The Hall–Kier alpha value is -0.920. The molecular weight excluding hydrogens is 409 g/mol. The van der Waals surface area contributed by atoms with E-state index in [1.165, 1.54) is 0 Å². The van der Waals surface area contributed by atoms with E-state index in [-0.39, 0.29) is 5.41 Å². The Morgan fingerprint density at radius 1 is 1.05 bits per heavy atom. The van der Waals surface area contributed by atoms with Crippen molar-refractivity contribution >= 4 is 32.6 Å². The highest BCUT2D eigenvalue weighted by Crippen LogP contribution is 2.23. The SMILES string of the molecule is CC(C)(C)c1ccc(S(=O)(=O)NCc2cccc(I)c2)cc1. The maximum Gasteiger partial charge on any atom is 0.240 e. The van der Waals surface area contributed by atoms with Gasteiger partial charge in [0.2, 0.25) is 10.0 Å². The molecule has 0 fully saturated rings. The first-order valence-electron chi connectivity index (χ1n) is 7.03. The van der Waals surface area contributed by atoms with Crippen LogP contribution in [0.1, 0.15) is 31.9 Å². The molecule has 118 valence electrons. The smallest absolute Gasteiger partial charge is 0.207 e. The van der Waals surface area contributed by atoms with Gasteiger partial charge in [-0.25, -0.2) is 13.1 Å².